The third-order valence-electron chi connectivity index (χ3n) is 5.78. The largest absolute Gasteiger partial charge is 0.339 e. The van der Waals surface area contributed by atoms with Gasteiger partial charge in [-0.15, -0.1) is 0 Å². The first-order valence-electron chi connectivity index (χ1n) is 9.45. The molecule has 136 valence electrons. The molecule has 1 saturated carbocycles. The van der Waals surface area contributed by atoms with Crippen LogP contribution in [0.1, 0.15) is 49.4 Å². The quantitative estimate of drug-likeness (QED) is 0.864. The first-order chi connectivity index (χ1) is 12.1. The predicted molar refractivity (Wildman–Crippen MR) is 99.6 cm³/mol. The Morgan fingerprint density at radius 3 is 2.32 bits per heavy atom. The second-order valence-electron chi connectivity index (χ2n) is 7.48. The topological polar surface area (TPSA) is 61.4 Å². The van der Waals surface area contributed by atoms with E-state index in [4.69, 9.17) is 0 Å². The summed E-state index contributed by atoms with van der Waals surface area (Å²) in [7, 11) is 1.91. The minimum Gasteiger partial charge on any atom is -0.339 e. The molecule has 5 nitrogen and oxygen atoms in total. The van der Waals surface area contributed by atoms with Crippen molar-refractivity contribution in [2.24, 2.45) is 11.8 Å². The summed E-state index contributed by atoms with van der Waals surface area (Å²) in [6.45, 7) is 3.79. The van der Waals surface area contributed by atoms with E-state index in [9.17, 15) is 9.59 Å². The minimum absolute atomic E-state index is 0.00000618. The first-order valence-corrected chi connectivity index (χ1v) is 9.45. The average molecular weight is 343 g/mol. The molecule has 1 heterocycles. The maximum absolute atomic E-state index is 12.7. The van der Waals surface area contributed by atoms with Gasteiger partial charge in [-0.1, -0.05) is 26.2 Å². The number of anilines is 1. The number of nitrogens with zero attached hydrogens (tertiary/aromatic N) is 1. The van der Waals surface area contributed by atoms with E-state index in [0.717, 1.165) is 31.6 Å². The van der Waals surface area contributed by atoms with Crippen LogP contribution in [-0.4, -0.2) is 42.9 Å². The van der Waals surface area contributed by atoms with Gasteiger partial charge in [0, 0.05) is 30.3 Å². The summed E-state index contributed by atoms with van der Waals surface area (Å²) < 4.78 is 0. The number of amides is 2. The Morgan fingerprint density at radius 1 is 1.12 bits per heavy atom. The van der Waals surface area contributed by atoms with Crippen molar-refractivity contribution in [2.45, 2.75) is 45.1 Å². The zero-order valence-corrected chi connectivity index (χ0v) is 15.3. The Kier molecular flexibility index (Phi) is 5.74. The van der Waals surface area contributed by atoms with Crippen molar-refractivity contribution in [3.05, 3.63) is 29.8 Å². The Bertz CT molecular complexity index is 604. The molecule has 0 radical (unpaired) electrons. The molecular weight excluding hydrogens is 314 g/mol. The maximum Gasteiger partial charge on any atom is 0.253 e. The van der Waals surface area contributed by atoms with Crippen LogP contribution in [0.25, 0.3) is 0 Å². The van der Waals surface area contributed by atoms with Gasteiger partial charge in [-0.05, 0) is 56.1 Å². The molecule has 1 unspecified atom stereocenters. The average Bonchev–Trinajstić information content (AvgIpc) is 2.60. The van der Waals surface area contributed by atoms with Gasteiger partial charge in [-0.25, -0.2) is 0 Å². The molecule has 5 heteroatoms. The van der Waals surface area contributed by atoms with Gasteiger partial charge in [0.25, 0.3) is 5.91 Å². The lowest BCUT2D eigenvalue weighted by Crippen LogP contribution is -2.48. The molecule has 3 rings (SSSR count). The van der Waals surface area contributed by atoms with Gasteiger partial charge in [0.05, 0.1) is 0 Å². The highest BCUT2D eigenvalue weighted by Gasteiger charge is 2.28. The van der Waals surface area contributed by atoms with Gasteiger partial charge in [0.15, 0.2) is 0 Å². The van der Waals surface area contributed by atoms with Crippen LogP contribution in [-0.2, 0) is 4.79 Å². The Hall–Kier alpha value is -1.88. The molecule has 0 aromatic heterocycles. The number of hydrogen-bond acceptors (Lipinski definition) is 3. The first kappa shape index (κ1) is 17.9. The van der Waals surface area contributed by atoms with Crippen LogP contribution < -0.4 is 10.6 Å². The molecule has 1 saturated heterocycles. The minimum atomic E-state index is -0.00000618. The van der Waals surface area contributed by atoms with Crippen LogP contribution >= 0.6 is 0 Å². The standard InChI is InChI=1S/C20H29N3O2/c1-14(16-12-21-13-16)19(24)22-17-10-8-15(9-11-17)20(25)23(2)18-6-4-3-5-7-18/h8-11,14,16,18,21H,3-7,12-13H2,1-2H3,(H,22,24). The lowest BCUT2D eigenvalue weighted by atomic mass is 9.88. The van der Waals surface area contributed by atoms with E-state index in [1.165, 1.54) is 19.3 Å². The molecule has 2 aliphatic rings. The molecule has 2 N–H and O–H groups in total. The molecule has 1 aromatic carbocycles. The summed E-state index contributed by atoms with van der Waals surface area (Å²) in [6, 6.07) is 7.63. The van der Waals surface area contributed by atoms with Crippen LogP contribution in [0.4, 0.5) is 5.69 Å². The van der Waals surface area contributed by atoms with E-state index in [1.807, 2.05) is 43.1 Å². The fraction of sp³-hybridized carbons (Fsp3) is 0.600. The molecule has 1 aromatic rings. The Labute approximate surface area is 150 Å². The highest BCUT2D eigenvalue weighted by molar-refractivity contribution is 5.96. The number of carbonyl (C=O) groups excluding carboxylic acids is 2. The highest BCUT2D eigenvalue weighted by Crippen LogP contribution is 2.23. The zero-order valence-electron chi connectivity index (χ0n) is 15.3. The van der Waals surface area contributed by atoms with Gasteiger partial charge in [-0.2, -0.15) is 0 Å². The summed E-state index contributed by atoms with van der Waals surface area (Å²) in [5, 5.41) is 6.15. The molecule has 2 fully saturated rings. The molecule has 2 amide bonds. The van der Waals surface area contributed by atoms with Gasteiger partial charge in [0.1, 0.15) is 0 Å². The number of benzene rings is 1. The van der Waals surface area contributed by atoms with E-state index in [0.29, 0.717) is 17.5 Å². The number of rotatable bonds is 5. The summed E-state index contributed by atoms with van der Waals surface area (Å²) in [4.78, 5) is 26.8. The molecule has 0 bridgehead atoms. The molecule has 0 spiro atoms. The van der Waals surface area contributed by atoms with E-state index in [2.05, 4.69) is 10.6 Å². The fourth-order valence-corrected chi connectivity index (χ4v) is 3.67. The molecule has 1 atom stereocenters. The number of carbonyl (C=O) groups is 2. The summed E-state index contributed by atoms with van der Waals surface area (Å²) in [5.74, 6) is 0.536. The van der Waals surface area contributed by atoms with Gasteiger partial charge in [0.2, 0.25) is 5.91 Å². The van der Waals surface area contributed by atoms with Crippen LogP contribution in [0, 0.1) is 11.8 Å². The smallest absolute Gasteiger partial charge is 0.253 e. The van der Waals surface area contributed by atoms with E-state index >= 15 is 0 Å². The molecular formula is C20H29N3O2. The van der Waals surface area contributed by atoms with E-state index in [-0.39, 0.29) is 17.7 Å². The van der Waals surface area contributed by atoms with Crippen LogP contribution in [0.3, 0.4) is 0 Å². The van der Waals surface area contributed by atoms with E-state index < -0.39 is 0 Å². The normalized spacial score (nSPS) is 19.8. The van der Waals surface area contributed by atoms with E-state index in [1.54, 1.807) is 0 Å². The van der Waals surface area contributed by atoms with Crippen molar-refractivity contribution in [3.63, 3.8) is 0 Å². The third-order valence-corrected chi connectivity index (χ3v) is 5.78. The van der Waals surface area contributed by atoms with Crippen LogP contribution in [0.2, 0.25) is 0 Å². The third kappa shape index (κ3) is 4.21. The zero-order chi connectivity index (χ0) is 17.8. The van der Waals surface area contributed by atoms with Gasteiger partial charge >= 0.3 is 0 Å². The molecule has 1 aliphatic carbocycles. The van der Waals surface area contributed by atoms with Gasteiger partial charge < -0.3 is 15.5 Å². The SMILES string of the molecule is CC(C(=O)Nc1ccc(C(=O)N(C)C2CCCCC2)cc1)C1CNC1. The van der Waals surface area contributed by atoms with Crippen molar-refractivity contribution in [1.29, 1.82) is 0 Å². The Morgan fingerprint density at radius 2 is 1.76 bits per heavy atom. The predicted octanol–water partition coefficient (Wildman–Crippen LogP) is 2.89. The second kappa shape index (κ2) is 8.00. The van der Waals surface area contributed by atoms with Crippen molar-refractivity contribution < 1.29 is 9.59 Å². The van der Waals surface area contributed by atoms with Crippen molar-refractivity contribution in [3.8, 4) is 0 Å². The second-order valence-corrected chi connectivity index (χ2v) is 7.48. The summed E-state index contributed by atoms with van der Waals surface area (Å²) in [5.41, 5.74) is 1.43. The van der Waals surface area contributed by atoms with Crippen molar-refractivity contribution in [2.75, 3.05) is 25.5 Å². The lowest BCUT2D eigenvalue weighted by Gasteiger charge is -2.32. The monoisotopic (exact) mass is 343 g/mol. The maximum atomic E-state index is 12.7. The van der Waals surface area contributed by atoms with Crippen molar-refractivity contribution >= 4 is 17.5 Å². The summed E-state index contributed by atoms with van der Waals surface area (Å²) in [6.07, 6.45) is 5.90. The fourth-order valence-electron chi connectivity index (χ4n) is 3.67. The molecule has 1 aliphatic heterocycles. The van der Waals surface area contributed by atoms with Crippen LogP contribution in [0.15, 0.2) is 24.3 Å². The Balaban J connectivity index is 1.57. The van der Waals surface area contributed by atoms with Crippen molar-refractivity contribution in [1.82, 2.24) is 10.2 Å². The van der Waals surface area contributed by atoms with Crippen LogP contribution in [0.5, 0.6) is 0 Å². The highest BCUT2D eigenvalue weighted by atomic mass is 16.2. The number of hydrogen-bond donors (Lipinski definition) is 2. The van der Waals surface area contributed by atoms with Gasteiger partial charge in [-0.3, -0.25) is 9.59 Å². The lowest BCUT2D eigenvalue weighted by molar-refractivity contribution is -0.121. The number of nitrogens with one attached hydrogen (secondary N) is 2. The molecule has 25 heavy (non-hydrogen) atoms. The summed E-state index contributed by atoms with van der Waals surface area (Å²) >= 11 is 0.